The summed E-state index contributed by atoms with van der Waals surface area (Å²) in [7, 11) is 1.82. The number of rotatable bonds is 1. The predicted octanol–water partition coefficient (Wildman–Crippen LogP) is 0.458. The van der Waals surface area contributed by atoms with Crippen LogP contribution in [0.4, 0.5) is 0 Å². The largest absolute Gasteiger partial charge is 0.248 e. The lowest BCUT2D eigenvalue weighted by molar-refractivity contribution is 0.709. The van der Waals surface area contributed by atoms with Gasteiger partial charge in [0.15, 0.2) is 0 Å². The molecule has 1 rings (SSSR count). The van der Waals surface area contributed by atoms with E-state index in [1.54, 1.807) is 17.0 Å². The molecule has 0 atom stereocenters. The van der Waals surface area contributed by atoms with Crippen LogP contribution in [-0.4, -0.2) is 15.0 Å². The van der Waals surface area contributed by atoms with Crippen LogP contribution >= 0.6 is 0 Å². The average molecular weight is 109 g/mol. The van der Waals surface area contributed by atoms with Crippen molar-refractivity contribution in [2.45, 2.75) is 0 Å². The zero-order chi connectivity index (χ0) is 5.98. The van der Waals surface area contributed by atoms with Gasteiger partial charge in [0.25, 0.3) is 0 Å². The van der Waals surface area contributed by atoms with E-state index >= 15 is 0 Å². The summed E-state index contributed by atoms with van der Waals surface area (Å²) in [6, 6.07) is 0. The quantitative estimate of drug-likeness (QED) is 0.524. The summed E-state index contributed by atoms with van der Waals surface area (Å²) in [5.74, 6) is 0. The number of nitrogens with zero attached hydrogens (tertiary/aromatic N) is 3. The molecular formula is C5H7N3. The van der Waals surface area contributed by atoms with Crippen LogP contribution in [0.15, 0.2) is 12.8 Å². The summed E-state index contributed by atoms with van der Waals surface area (Å²) in [6.45, 7) is 3.56. The third kappa shape index (κ3) is 0.621. The molecule has 0 aliphatic carbocycles. The smallest absolute Gasteiger partial charge is 0.0804 e. The molecule has 8 heavy (non-hydrogen) atoms. The summed E-state index contributed by atoms with van der Waals surface area (Å²) < 4.78 is 1.66. The molecule has 3 heteroatoms. The molecule has 0 spiro atoms. The molecule has 42 valence electrons. The van der Waals surface area contributed by atoms with E-state index < -0.39 is 0 Å². The van der Waals surface area contributed by atoms with E-state index in [9.17, 15) is 0 Å². The Morgan fingerprint density at radius 1 is 1.88 bits per heavy atom. The normalized spacial score (nSPS) is 9.12. The third-order valence-electron chi connectivity index (χ3n) is 0.959. The van der Waals surface area contributed by atoms with Crippen LogP contribution in [0, 0.1) is 0 Å². The zero-order valence-corrected chi connectivity index (χ0v) is 4.70. The van der Waals surface area contributed by atoms with Gasteiger partial charge >= 0.3 is 0 Å². The zero-order valence-electron chi connectivity index (χ0n) is 4.70. The van der Waals surface area contributed by atoms with Crippen LogP contribution in [0.2, 0.25) is 0 Å². The number of aromatic nitrogens is 3. The molecule has 0 saturated heterocycles. The molecule has 0 unspecified atom stereocenters. The third-order valence-corrected chi connectivity index (χ3v) is 0.959. The van der Waals surface area contributed by atoms with Crippen LogP contribution in [-0.2, 0) is 7.05 Å². The first-order chi connectivity index (χ1) is 3.84. The molecule has 0 aliphatic heterocycles. The fourth-order valence-corrected chi connectivity index (χ4v) is 0.482. The first-order valence-corrected chi connectivity index (χ1v) is 2.31. The Bertz CT molecular complexity index is 189. The van der Waals surface area contributed by atoms with Gasteiger partial charge in [0.2, 0.25) is 0 Å². The Kier molecular flexibility index (Phi) is 1.12. The van der Waals surface area contributed by atoms with Crippen molar-refractivity contribution in [3.8, 4) is 0 Å². The van der Waals surface area contributed by atoms with Crippen LogP contribution in [0.5, 0.6) is 0 Å². The highest BCUT2D eigenvalue weighted by Gasteiger charge is 1.88. The molecular weight excluding hydrogens is 102 g/mol. The van der Waals surface area contributed by atoms with Crippen LogP contribution in [0.1, 0.15) is 5.69 Å². The van der Waals surface area contributed by atoms with Gasteiger partial charge in [-0.3, -0.25) is 0 Å². The summed E-state index contributed by atoms with van der Waals surface area (Å²) in [5.41, 5.74) is 0.935. The summed E-state index contributed by atoms with van der Waals surface area (Å²) in [6.07, 6.45) is 3.37. The highest BCUT2D eigenvalue weighted by Crippen LogP contribution is 1.91. The van der Waals surface area contributed by atoms with Gasteiger partial charge < -0.3 is 0 Å². The number of hydrogen-bond acceptors (Lipinski definition) is 2. The fraction of sp³-hybridized carbons (Fsp3) is 0.200. The van der Waals surface area contributed by atoms with Crippen LogP contribution in [0.3, 0.4) is 0 Å². The topological polar surface area (TPSA) is 30.7 Å². The van der Waals surface area contributed by atoms with Crippen molar-refractivity contribution in [1.29, 1.82) is 0 Å². The van der Waals surface area contributed by atoms with Crippen molar-refractivity contribution in [2.75, 3.05) is 0 Å². The van der Waals surface area contributed by atoms with Crippen molar-refractivity contribution in [3.05, 3.63) is 18.5 Å². The van der Waals surface area contributed by atoms with Gasteiger partial charge in [-0.1, -0.05) is 11.8 Å². The van der Waals surface area contributed by atoms with E-state index in [0.717, 1.165) is 5.69 Å². The number of hydrogen-bond donors (Lipinski definition) is 0. The molecule has 1 aromatic heterocycles. The van der Waals surface area contributed by atoms with Crippen molar-refractivity contribution in [2.24, 2.45) is 7.05 Å². The summed E-state index contributed by atoms with van der Waals surface area (Å²) in [4.78, 5) is 0. The Balaban J connectivity index is 3.09. The molecule has 0 radical (unpaired) electrons. The molecule has 0 fully saturated rings. The Morgan fingerprint density at radius 3 is 2.88 bits per heavy atom. The van der Waals surface area contributed by atoms with Gasteiger partial charge in [-0.2, -0.15) is 0 Å². The standard InChI is InChI=1S/C5H7N3/c1-3-5-4-6-7-8(5)2/h3-4H,1H2,2H3. The minimum Gasteiger partial charge on any atom is -0.248 e. The lowest BCUT2D eigenvalue weighted by Gasteiger charge is -1.86. The molecule has 0 bridgehead atoms. The first kappa shape index (κ1) is 5.03. The second kappa shape index (κ2) is 1.78. The lowest BCUT2D eigenvalue weighted by Crippen LogP contribution is -1.91. The number of aryl methyl sites for hydroxylation is 1. The summed E-state index contributed by atoms with van der Waals surface area (Å²) in [5, 5.41) is 7.32. The average Bonchev–Trinajstić information content (AvgIpc) is 2.14. The van der Waals surface area contributed by atoms with E-state index in [4.69, 9.17) is 0 Å². The van der Waals surface area contributed by atoms with Crippen molar-refractivity contribution in [1.82, 2.24) is 15.0 Å². The van der Waals surface area contributed by atoms with Gasteiger partial charge in [-0.05, 0) is 6.08 Å². The lowest BCUT2D eigenvalue weighted by atomic mass is 10.5. The molecule has 0 aliphatic rings. The minimum absolute atomic E-state index is 0.935. The monoisotopic (exact) mass is 109 g/mol. The van der Waals surface area contributed by atoms with Crippen molar-refractivity contribution >= 4 is 6.08 Å². The SMILES string of the molecule is C=Cc1cnnn1C. The molecule has 1 aromatic rings. The van der Waals surface area contributed by atoms with E-state index in [2.05, 4.69) is 16.9 Å². The van der Waals surface area contributed by atoms with E-state index in [1.165, 1.54) is 0 Å². The Morgan fingerprint density at radius 2 is 2.62 bits per heavy atom. The first-order valence-electron chi connectivity index (χ1n) is 2.31. The maximum Gasteiger partial charge on any atom is 0.0804 e. The Labute approximate surface area is 47.6 Å². The predicted molar refractivity (Wildman–Crippen MR) is 31.1 cm³/mol. The second-order valence-corrected chi connectivity index (χ2v) is 1.49. The van der Waals surface area contributed by atoms with Gasteiger partial charge in [-0.25, -0.2) is 4.68 Å². The minimum atomic E-state index is 0.935. The van der Waals surface area contributed by atoms with Crippen LogP contribution < -0.4 is 0 Å². The molecule has 0 amide bonds. The maximum atomic E-state index is 3.68. The van der Waals surface area contributed by atoms with Gasteiger partial charge in [0.1, 0.15) is 0 Å². The second-order valence-electron chi connectivity index (χ2n) is 1.49. The van der Waals surface area contributed by atoms with Gasteiger partial charge in [0, 0.05) is 7.05 Å². The fourth-order valence-electron chi connectivity index (χ4n) is 0.482. The van der Waals surface area contributed by atoms with Gasteiger partial charge in [-0.15, -0.1) is 5.10 Å². The van der Waals surface area contributed by atoms with Gasteiger partial charge in [0.05, 0.1) is 11.9 Å². The molecule has 0 aromatic carbocycles. The van der Waals surface area contributed by atoms with E-state index in [1.807, 2.05) is 7.05 Å². The molecule has 1 heterocycles. The molecule has 0 saturated carbocycles. The maximum absolute atomic E-state index is 3.68. The summed E-state index contributed by atoms with van der Waals surface area (Å²) >= 11 is 0. The highest BCUT2D eigenvalue weighted by molar-refractivity contribution is 5.38. The Hall–Kier alpha value is -1.12. The van der Waals surface area contributed by atoms with E-state index in [-0.39, 0.29) is 0 Å². The van der Waals surface area contributed by atoms with Crippen LogP contribution in [0.25, 0.3) is 6.08 Å². The van der Waals surface area contributed by atoms with E-state index in [0.29, 0.717) is 0 Å². The highest BCUT2D eigenvalue weighted by atomic mass is 15.4. The molecule has 3 nitrogen and oxygen atoms in total. The molecule has 0 N–H and O–H groups in total. The van der Waals surface area contributed by atoms with Crippen molar-refractivity contribution < 1.29 is 0 Å². The van der Waals surface area contributed by atoms with Crippen molar-refractivity contribution in [3.63, 3.8) is 0 Å².